The Labute approximate surface area is 140 Å². The van der Waals surface area contributed by atoms with Crippen molar-refractivity contribution in [2.45, 2.75) is 0 Å². The van der Waals surface area contributed by atoms with Crippen molar-refractivity contribution in [2.24, 2.45) is 0 Å². The smallest absolute Gasteiger partial charge is 0.261 e. The normalized spacial score (nSPS) is 10.3. The van der Waals surface area contributed by atoms with E-state index in [1.165, 1.54) is 22.7 Å². The molecule has 6 nitrogen and oxygen atoms in total. The summed E-state index contributed by atoms with van der Waals surface area (Å²) in [6, 6.07) is 13.1. The summed E-state index contributed by atoms with van der Waals surface area (Å²) >= 11 is 2.61. The Bertz CT molecular complexity index is 800. The Hall–Kier alpha value is -2.58. The second kappa shape index (κ2) is 7.12. The highest BCUT2D eigenvalue weighted by molar-refractivity contribution is 7.18. The van der Waals surface area contributed by atoms with Crippen LogP contribution in [0.25, 0.3) is 10.6 Å². The van der Waals surface area contributed by atoms with Crippen molar-refractivity contribution in [2.75, 3.05) is 11.9 Å². The molecule has 2 heterocycles. The standard InChI is InChI=1S/C15H12N4O2S2/c20-12(9-16-13(21)11-7-4-8-22-11)17-15-19-18-14(23-15)10-5-2-1-3-6-10/h1-8H,9H2,(H,16,21)(H,17,19,20). The summed E-state index contributed by atoms with van der Waals surface area (Å²) in [6.45, 7) is -0.114. The third-order valence-corrected chi connectivity index (χ3v) is 4.60. The zero-order chi connectivity index (χ0) is 16.1. The first-order valence-corrected chi connectivity index (χ1v) is 8.42. The first-order chi connectivity index (χ1) is 11.2. The van der Waals surface area contributed by atoms with Gasteiger partial charge in [0.2, 0.25) is 11.0 Å². The molecule has 0 radical (unpaired) electrons. The van der Waals surface area contributed by atoms with Gasteiger partial charge in [-0.05, 0) is 11.4 Å². The summed E-state index contributed by atoms with van der Waals surface area (Å²) < 4.78 is 0. The van der Waals surface area contributed by atoms with Gasteiger partial charge in [-0.15, -0.1) is 21.5 Å². The van der Waals surface area contributed by atoms with Gasteiger partial charge in [-0.2, -0.15) is 0 Å². The zero-order valence-corrected chi connectivity index (χ0v) is 13.5. The van der Waals surface area contributed by atoms with Crippen LogP contribution in [0.3, 0.4) is 0 Å². The molecule has 0 aliphatic rings. The molecule has 0 saturated carbocycles. The summed E-state index contributed by atoms with van der Waals surface area (Å²) in [5.74, 6) is -0.608. The average Bonchev–Trinajstić information content (AvgIpc) is 3.25. The molecule has 2 aromatic heterocycles. The lowest BCUT2D eigenvalue weighted by atomic mass is 10.2. The van der Waals surface area contributed by atoms with Crippen LogP contribution < -0.4 is 10.6 Å². The number of hydrogen-bond acceptors (Lipinski definition) is 6. The number of amides is 2. The van der Waals surface area contributed by atoms with Crippen LogP contribution in [-0.2, 0) is 4.79 Å². The van der Waals surface area contributed by atoms with Crippen LogP contribution in [0.1, 0.15) is 9.67 Å². The van der Waals surface area contributed by atoms with E-state index in [4.69, 9.17) is 0 Å². The van der Waals surface area contributed by atoms with E-state index in [2.05, 4.69) is 20.8 Å². The van der Waals surface area contributed by atoms with Gasteiger partial charge in [0.15, 0.2) is 0 Å². The molecule has 2 amide bonds. The Morgan fingerprint density at radius 3 is 2.61 bits per heavy atom. The first-order valence-electron chi connectivity index (χ1n) is 6.73. The van der Waals surface area contributed by atoms with Gasteiger partial charge in [0.05, 0.1) is 11.4 Å². The van der Waals surface area contributed by atoms with Crippen molar-refractivity contribution in [3.63, 3.8) is 0 Å². The number of thiophene rings is 1. The fraction of sp³-hybridized carbons (Fsp3) is 0.0667. The van der Waals surface area contributed by atoms with Crippen LogP contribution in [0.4, 0.5) is 5.13 Å². The van der Waals surface area contributed by atoms with E-state index in [1.807, 2.05) is 30.3 Å². The predicted octanol–water partition coefficient (Wildman–Crippen LogP) is 2.64. The molecular formula is C15H12N4O2S2. The summed E-state index contributed by atoms with van der Waals surface area (Å²) in [5.41, 5.74) is 0.941. The first kappa shape index (κ1) is 15.3. The second-order valence-corrected chi connectivity index (χ2v) is 6.41. The van der Waals surface area contributed by atoms with E-state index in [0.717, 1.165) is 10.6 Å². The third kappa shape index (κ3) is 3.99. The number of nitrogens with zero attached hydrogens (tertiary/aromatic N) is 2. The van der Waals surface area contributed by atoms with Crippen LogP contribution in [0, 0.1) is 0 Å². The maximum Gasteiger partial charge on any atom is 0.261 e. The van der Waals surface area contributed by atoms with Crippen molar-refractivity contribution in [3.8, 4) is 10.6 Å². The highest BCUT2D eigenvalue weighted by Gasteiger charge is 2.11. The van der Waals surface area contributed by atoms with Gasteiger partial charge in [-0.25, -0.2) is 0 Å². The van der Waals surface area contributed by atoms with Crippen LogP contribution in [0.2, 0.25) is 0 Å². The SMILES string of the molecule is O=C(CNC(=O)c1cccs1)Nc1nnc(-c2ccccc2)s1. The van der Waals surface area contributed by atoms with E-state index in [-0.39, 0.29) is 18.4 Å². The number of nitrogens with one attached hydrogen (secondary N) is 2. The Morgan fingerprint density at radius 1 is 1.04 bits per heavy atom. The van der Waals surface area contributed by atoms with E-state index in [1.54, 1.807) is 17.5 Å². The van der Waals surface area contributed by atoms with E-state index in [9.17, 15) is 9.59 Å². The molecule has 0 fully saturated rings. The molecule has 0 unspecified atom stereocenters. The maximum absolute atomic E-state index is 11.8. The third-order valence-electron chi connectivity index (χ3n) is 2.85. The maximum atomic E-state index is 11.8. The average molecular weight is 344 g/mol. The molecule has 0 saturated heterocycles. The lowest BCUT2D eigenvalue weighted by Gasteiger charge is -2.02. The number of hydrogen-bond donors (Lipinski definition) is 2. The number of benzene rings is 1. The number of rotatable bonds is 5. The quantitative estimate of drug-likeness (QED) is 0.745. The number of aromatic nitrogens is 2. The summed E-state index contributed by atoms with van der Waals surface area (Å²) in [7, 11) is 0. The van der Waals surface area contributed by atoms with E-state index < -0.39 is 0 Å². The summed E-state index contributed by atoms with van der Waals surface area (Å²) in [6.07, 6.45) is 0. The molecule has 0 aliphatic heterocycles. The van der Waals surface area contributed by atoms with Gasteiger partial charge in [0.1, 0.15) is 5.01 Å². The van der Waals surface area contributed by atoms with E-state index >= 15 is 0 Å². The number of carbonyl (C=O) groups is 2. The molecule has 23 heavy (non-hydrogen) atoms. The summed E-state index contributed by atoms with van der Waals surface area (Å²) in [4.78, 5) is 24.2. The summed E-state index contributed by atoms with van der Waals surface area (Å²) in [5, 5.41) is 16.1. The number of carbonyl (C=O) groups excluding carboxylic acids is 2. The van der Waals surface area contributed by atoms with Gasteiger partial charge in [-0.1, -0.05) is 47.7 Å². The molecule has 0 aliphatic carbocycles. The van der Waals surface area contributed by atoms with Crippen molar-refractivity contribution in [1.82, 2.24) is 15.5 Å². The minimum absolute atomic E-state index is 0.114. The molecular weight excluding hydrogens is 332 g/mol. The van der Waals surface area contributed by atoms with Crippen molar-refractivity contribution < 1.29 is 9.59 Å². The van der Waals surface area contributed by atoms with Gasteiger partial charge in [0, 0.05) is 5.56 Å². The van der Waals surface area contributed by atoms with Gasteiger partial charge >= 0.3 is 0 Å². The Kier molecular flexibility index (Phi) is 4.74. The molecule has 8 heteroatoms. The Morgan fingerprint density at radius 2 is 1.87 bits per heavy atom. The fourth-order valence-corrected chi connectivity index (χ4v) is 3.20. The monoisotopic (exact) mass is 344 g/mol. The highest BCUT2D eigenvalue weighted by Crippen LogP contribution is 2.25. The van der Waals surface area contributed by atoms with Crippen LogP contribution in [-0.4, -0.2) is 28.6 Å². The molecule has 0 atom stereocenters. The van der Waals surface area contributed by atoms with E-state index in [0.29, 0.717) is 10.0 Å². The van der Waals surface area contributed by atoms with Gasteiger partial charge < -0.3 is 5.32 Å². The minimum Gasteiger partial charge on any atom is -0.342 e. The fourth-order valence-electron chi connectivity index (χ4n) is 1.79. The molecule has 1 aromatic carbocycles. The Balaban J connectivity index is 1.54. The van der Waals surface area contributed by atoms with Gasteiger partial charge in [-0.3, -0.25) is 14.9 Å². The van der Waals surface area contributed by atoms with Crippen molar-refractivity contribution in [1.29, 1.82) is 0 Å². The second-order valence-electron chi connectivity index (χ2n) is 4.49. The lowest BCUT2D eigenvalue weighted by Crippen LogP contribution is -2.32. The van der Waals surface area contributed by atoms with Crippen molar-refractivity contribution in [3.05, 3.63) is 52.7 Å². The molecule has 0 spiro atoms. The van der Waals surface area contributed by atoms with Crippen LogP contribution >= 0.6 is 22.7 Å². The van der Waals surface area contributed by atoms with Gasteiger partial charge in [0.25, 0.3) is 5.91 Å². The number of anilines is 1. The topological polar surface area (TPSA) is 84.0 Å². The molecule has 3 aromatic rings. The lowest BCUT2D eigenvalue weighted by molar-refractivity contribution is -0.115. The molecule has 3 rings (SSSR count). The zero-order valence-electron chi connectivity index (χ0n) is 11.9. The molecule has 2 N–H and O–H groups in total. The van der Waals surface area contributed by atoms with Crippen molar-refractivity contribution >= 4 is 39.6 Å². The minimum atomic E-state index is -0.342. The largest absolute Gasteiger partial charge is 0.342 e. The van der Waals surface area contributed by atoms with Crippen LogP contribution in [0.5, 0.6) is 0 Å². The highest BCUT2D eigenvalue weighted by atomic mass is 32.1. The molecule has 116 valence electrons. The predicted molar refractivity (Wildman–Crippen MR) is 90.6 cm³/mol. The molecule has 0 bridgehead atoms. The van der Waals surface area contributed by atoms with Crippen LogP contribution in [0.15, 0.2) is 47.8 Å².